The van der Waals surface area contributed by atoms with Crippen LogP contribution >= 0.6 is 0 Å². The maximum absolute atomic E-state index is 5.78. The summed E-state index contributed by atoms with van der Waals surface area (Å²) in [5, 5.41) is 0. The van der Waals surface area contributed by atoms with Crippen molar-refractivity contribution in [2.45, 2.75) is 38.0 Å². The van der Waals surface area contributed by atoms with E-state index in [9.17, 15) is 0 Å². The summed E-state index contributed by atoms with van der Waals surface area (Å²) in [4.78, 5) is 2.52. The van der Waals surface area contributed by atoms with Gasteiger partial charge < -0.3 is 14.2 Å². The molecule has 2 fully saturated rings. The fourth-order valence-electron chi connectivity index (χ4n) is 3.36. The van der Waals surface area contributed by atoms with Gasteiger partial charge in [-0.3, -0.25) is 4.90 Å². The van der Waals surface area contributed by atoms with Crippen molar-refractivity contribution in [3.05, 3.63) is 29.3 Å². The molecule has 21 heavy (non-hydrogen) atoms. The molecule has 0 unspecified atom stereocenters. The normalized spacial score (nSPS) is 21.2. The maximum Gasteiger partial charge on any atom is 0.124 e. The fourth-order valence-corrected chi connectivity index (χ4v) is 3.36. The van der Waals surface area contributed by atoms with E-state index in [-0.39, 0.29) is 5.60 Å². The van der Waals surface area contributed by atoms with Crippen molar-refractivity contribution in [3.8, 4) is 5.75 Å². The Morgan fingerprint density at radius 3 is 2.52 bits per heavy atom. The molecule has 0 aliphatic carbocycles. The SMILES string of the molecule is COCc1cc(CN2CCC3(CCO3)CC2)ccc1OC. The number of hydrogen-bond acceptors (Lipinski definition) is 4. The van der Waals surface area contributed by atoms with Crippen LogP contribution in [0.1, 0.15) is 30.4 Å². The lowest BCUT2D eigenvalue weighted by molar-refractivity contribution is -0.173. The van der Waals surface area contributed by atoms with Crippen LogP contribution in [0, 0.1) is 0 Å². The van der Waals surface area contributed by atoms with Gasteiger partial charge >= 0.3 is 0 Å². The average Bonchev–Trinajstić information content (AvgIpc) is 2.47. The lowest BCUT2D eigenvalue weighted by atomic mass is 9.84. The zero-order valence-corrected chi connectivity index (χ0v) is 13.1. The molecule has 2 saturated heterocycles. The second-order valence-electron chi connectivity index (χ2n) is 6.14. The van der Waals surface area contributed by atoms with Crippen LogP contribution < -0.4 is 4.74 Å². The molecule has 3 rings (SSSR count). The van der Waals surface area contributed by atoms with Crippen LogP contribution in [0.3, 0.4) is 0 Å². The molecule has 116 valence electrons. The molecule has 0 radical (unpaired) electrons. The van der Waals surface area contributed by atoms with Gasteiger partial charge in [0.1, 0.15) is 5.75 Å². The zero-order chi connectivity index (χ0) is 14.7. The van der Waals surface area contributed by atoms with E-state index in [1.54, 1.807) is 14.2 Å². The molecule has 0 bridgehead atoms. The number of methoxy groups -OCH3 is 2. The molecule has 0 N–H and O–H groups in total. The molecule has 0 atom stereocenters. The standard InChI is InChI=1S/C17H25NO3/c1-19-13-15-11-14(3-4-16(15)20-2)12-18-8-5-17(6-9-18)7-10-21-17/h3-4,11H,5-10,12-13H2,1-2H3. The molecule has 2 heterocycles. The number of benzene rings is 1. The van der Waals surface area contributed by atoms with Crippen molar-refractivity contribution in [1.29, 1.82) is 0 Å². The molecule has 0 aromatic heterocycles. The van der Waals surface area contributed by atoms with E-state index < -0.39 is 0 Å². The molecule has 0 amide bonds. The minimum Gasteiger partial charge on any atom is -0.496 e. The third-order valence-corrected chi connectivity index (χ3v) is 4.78. The third-order valence-electron chi connectivity index (χ3n) is 4.78. The van der Waals surface area contributed by atoms with Gasteiger partial charge in [-0.25, -0.2) is 0 Å². The molecule has 4 nitrogen and oxygen atoms in total. The van der Waals surface area contributed by atoms with Gasteiger partial charge in [-0.15, -0.1) is 0 Å². The van der Waals surface area contributed by atoms with Crippen LogP contribution in [0.5, 0.6) is 5.75 Å². The Labute approximate surface area is 127 Å². The van der Waals surface area contributed by atoms with E-state index >= 15 is 0 Å². The zero-order valence-electron chi connectivity index (χ0n) is 13.1. The molecular formula is C17H25NO3. The van der Waals surface area contributed by atoms with Crippen LogP contribution in [-0.4, -0.2) is 44.4 Å². The molecule has 2 aliphatic rings. The first kappa shape index (κ1) is 14.8. The highest BCUT2D eigenvalue weighted by molar-refractivity contribution is 5.37. The lowest BCUT2D eigenvalue weighted by Gasteiger charge is -2.47. The Hall–Kier alpha value is -1.10. The van der Waals surface area contributed by atoms with Crippen LogP contribution in [0.2, 0.25) is 0 Å². The van der Waals surface area contributed by atoms with Crippen LogP contribution in [0.4, 0.5) is 0 Å². The van der Waals surface area contributed by atoms with Crippen molar-refractivity contribution in [1.82, 2.24) is 4.90 Å². The van der Waals surface area contributed by atoms with Gasteiger partial charge in [0.25, 0.3) is 0 Å². The molecule has 2 aliphatic heterocycles. The van der Waals surface area contributed by atoms with Gasteiger partial charge in [0, 0.05) is 32.3 Å². The Kier molecular flexibility index (Phi) is 4.48. The van der Waals surface area contributed by atoms with E-state index in [0.717, 1.165) is 37.6 Å². The van der Waals surface area contributed by atoms with Gasteiger partial charge in [-0.2, -0.15) is 0 Å². The Balaban J connectivity index is 1.61. The van der Waals surface area contributed by atoms with Crippen molar-refractivity contribution in [2.75, 3.05) is 33.9 Å². The topological polar surface area (TPSA) is 30.9 Å². The van der Waals surface area contributed by atoms with Gasteiger partial charge in [0.2, 0.25) is 0 Å². The smallest absolute Gasteiger partial charge is 0.124 e. The number of likely N-dealkylation sites (tertiary alicyclic amines) is 1. The Morgan fingerprint density at radius 1 is 1.19 bits per heavy atom. The summed E-state index contributed by atoms with van der Waals surface area (Å²) < 4.78 is 16.4. The molecule has 1 spiro atoms. The molecule has 1 aromatic carbocycles. The van der Waals surface area contributed by atoms with Crippen molar-refractivity contribution in [3.63, 3.8) is 0 Å². The monoisotopic (exact) mass is 291 g/mol. The van der Waals surface area contributed by atoms with E-state index in [1.807, 2.05) is 6.07 Å². The van der Waals surface area contributed by atoms with Gasteiger partial charge in [-0.1, -0.05) is 6.07 Å². The predicted molar refractivity (Wildman–Crippen MR) is 81.5 cm³/mol. The summed E-state index contributed by atoms with van der Waals surface area (Å²) >= 11 is 0. The molecule has 0 saturated carbocycles. The van der Waals surface area contributed by atoms with E-state index in [4.69, 9.17) is 14.2 Å². The number of piperidine rings is 1. The minimum absolute atomic E-state index is 0.234. The number of nitrogens with zero attached hydrogens (tertiary/aromatic N) is 1. The maximum atomic E-state index is 5.78. The largest absolute Gasteiger partial charge is 0.496 e. The fraction of sp³-hybridized carbons (Fsp3) is 0.647. The van der Waals surface area contributed by atoms with Crippen molar-refractivity contribution < 1.29 is 14.2 Å². The summed E-state index contributed by atoms with van der Waals surface area (Å²) in [5.41, 5.74) is 2.68. The van der Waals surface area contributed by atoms with E-state index in [0.29, 0.717) is 6.61 Å². The second kappa shape index (κ2) is 6.34. The summed E-state index contributed by atoms with van der Waals surface area (Å²) in [7, 11) is 3.42. The van der Waals surface area contributed by atoms with Gasteiger partial charge in [0.05, 0.1) is 25.9 Å². The number of ether oxygens (including phenoxy) is 3. The summed E-state index contributed by atoms with van der Waals surface area (Å²) in [6.07, 6.45) is 3.60. The van der Waals surface area contributed by atoms with Crippen molar-refractivity contribution >= 4 is 0 Å². The number of rotatable bonds is 5. The molecule has 4 heteroatoms. The third kappa shape index (κ3) is 3.23. The van der Waals surface area contributed by atoms with Gasteiger partial charge in [0.15, 0.2) is 0 Å². The van der Waals surface area contributed by atoms with E-state index in [1.165, 1.54) is 24.8 Å². The highest BCUT2D eigenvalue weighted by Gasteiger charge is 2.40. The minimum atomic E-state index is 0.234. The molecule has 1 aromatic rings. The average molecular weight is 291 g/mol. The summed E-state index contributed by atoms with van der Waals surface area (Å²) in [6.45, 7) is 4.81. The Bertz CT molecular complexity index is 475. The van der Waals surface area contributed by atoms with Crippen LogP contribution in [0.25, 0.3) is 0 Å². The second-order valence-corrected chi connectivity index (χ2v) is 6.14. The van der Waals surface area contributed by atoms with Gasteiger partial charge in [-0.05, 0) is 37.0 Å². The van der Waals surface area contributed by atoms with E-state index in [2.05, 4.69) is 17.0 Å². The predicted octanol–water partition coefficient (Wildman–Crippen LogP) is 2.60. The highest BCUT2D eigenvalue weighted by atomic mass is 16.5. The van der Waals surface area contributed by atoms with Crippen molar-refractivity contribution in [2.24, 2.45) is 0 Å². The van der Waals surface area contributed by atoms with Crippen LogP contribution in [-0.2, 0) is 22.6 Å². The quantitative estimate of drug-likeness (QED) is 0.834. The summed E-state index contributed by atoms with van der Waals surface area (Å²) in [6, 6.07) is 6.40. The first-order valence-electron chi connectivity index (χ1n) is 7.76. The number of hydrogen-bond donors (Lipinski definition) is 0. The van der Waals surface area contributed by atoms with Crippen LogP contribution in [0.15, 0.2) is 18.2 Å². The summed E-state index contributed by atoms with van der Waals surface area (Å²) in [5.74, 6) is 0.904. The first-order valence-corrected chi connectivity index (χ1v) is 7.76. The highest BCUT2D eigenvalue weighted by Crippen LogP contribution is 2.37. The lowest BCUT2D eigenvalue weighted by Crippen LogP contribution is -2.52. The first-order chi connectivity index (χ1) is 10.2. The Morgan fingerprint density at radius 2 is 1.95 bits per heavy atom. The molecular weight excluding hydrogens is 266 g/mol.